The van der Waals surface area contributed by atoms with Gasteiger partial charge in [0, 0.05) is 45.0 Å². The van der Waals surface area contributed by atoms with Crippen LogP contribution in [0.3, 0.4) is 0 Å². The Balaban J connectivity index is 1.90. The van der Waals surface area contributed by atoms with Crippen LogP contribution in [-0.4, -0.2) is 36.2 Å². The van der Waals surface area contributed by atoms with Crippen LogP contribution in [0.1, 0.15) is 0 Å². The molecule has 0 atom stereocenters. The van der Waals surface area contributed by atoms with Gasteiger partial charge >= 0.3 is 0 Å². The smallest absolute Gasteiger partial charge is 0.205 e. The maximum Gasteiger partial charge on any atom is 0.205 e. The Morgan fingerprint density at radius 2 is 2.38 bits per heavy atom. The Morgan fingerprint density at radius 3 is 2.92 bits per heavy atom. The second kappa shape index (κ2) is 3.38. The van der Waals surface area contributed by atoms with Gasteiger partial charge in [-0.1, -0.05) is 0 Å². The third kappa shape index (κ3) is 1.54. The minimum atomic E-state index is 0.793. The number of hydrogen-bond donors (Lipinski definition) is 1. The van der Waals surface area contributed by atoms with Crippen molar-refractivity contribution >= 4 is 5.95 Å². The van der Waals surface area contributed by atoms with Gasteiger partial charge in [-0.05, 0) is 7.05 Å². The highest BCUT2D eigenvalue weighted by atomic mass is 15.3. The molecule has 1 aliphatic heterocycles. The lowest BCUT2D eigenvalue weighted by Gasteiger charge is -2.39. The molecule has 0 unspecified atom stereocenters. The minimum Gasteiger partial charge on any atom is -0.341 e. The lowest BCUT2D eigenvalue weighted by Crippen LogP contribution is -2.51. The number of imidazole rings is 1. The van der Waals surface area contributed by atoms with Gasteiger partial charge in [-0.25, -0.2) is 4.98 Å². The normalized spacial score (nSPS) is 17.5. The molecule has 1 aromatic heterocycles. The molecule has 0 aromatic carbocycles. The predicted octanol–water partition coefficient (Wildman–Crippen LogP) is 0.0757. The highest BCUT2D eigenvalue weighted by molar-refractivity contribution is 5.35. The van der Waals surface area contributed by atoms with Gasteiger partial charge in [0.1, 0.15) is 0 Å². The van der Waals surface area contributed by atoms with E-state index < -0.39 is 0 Å². The zero-order valence-electron chi connectivity index (χ0n) is 8.20. The summed E-state index contributed by atoms with van der Waals surface area (Å²) in [6, 6.07) is 0. The van der Waals surface area contributed by atoms with Gasteiger partial charge in [0.05, 0.1) is 0 Å². The van der Waals surface area contributed by atoms with Gasteiger partial charge < -0.3 is 14.8 Å². The molecule has 4 heteroatoms. The summed E-state index contributed by atoms with van der Waals surface area (Å²) < 4.78 is 2.07. The number of nitrogens with one attached hydrogen (secondary N) is 1. The Morgan fingerprint density at radius 1 is 1.62 bits per heavy atom. The molecule has 13 heavy (non-hydrogen) atoms. The van der Waals surface area contributed by atoms with Crippen LogP contribution in [0.5, 0.6) is 0 Å². The van der Waals surface area contributed by atoms with E-state index in [0.717, 1.165) is 31.5 Å². The first-order valence-electron chi connectivity index (χ1n) is 4.68. The summed E-state index contributed by atoms with van der Waals surface area (Å²) in [6.45, 7) is 3.37. The van der Waals surface area contributed by atoms with Crippen LogP contribution < -0.4 is 10.2 Å². The molecule has 0 spiro atoms. The molecule has 0 radical (unpaired) electrons. The van der Waals surface area contributed by atoms with E-state index in [9.17, 15) is 0 Å². The molecule has 1 fully saturated rings. The lowest BCUT2D eigenvalue weighted by atomic mass is 10.0. The SMILES string of the molecule is CNCC1CN(c2nccn2C)C1. The second-order valence-electron chi connectivity index (χ2n) is 3.67. The van der Waals surface area contributed by atoms with Gasteiger partial charge in [-0.3, -0.25) is 0 Å². The van der Waals surface area contributed by atoms with E-state index in [1.165, 1.54) is 0 Å². The number of anilines is 1. The zero-order chi connectivity index (χ0) is 9.26. The molecule has 1 aromatic rings. The van der Waals surface area contributed by atoms with Crippen molar-refractivity contribution in [3.63, 3.8) is 0 Å². The largest absolute Gasteiger partial charge is 0.341 e. The first-order chi connectivity index (χ1) is 6.31. The molecule has 2 heterocycles. The Kier molecular flexibility index (Phi) is 2.22. The number of hydrogen-bond acceptors (Lipinski definition) is 3. The molecule has 1 saturated heterocycles. The van der Waals surface area contributed by atoms with Crippen molar-refractivity contribution in [3.8, 4) is 0 Å². The monoisotopic (exact) mass is 180 g/mol. The van der Waals surface area contributed by atoms with Crippen LogP contribution in [-0.2, 0) is 7.05 Å². The average Bonchev–Trinajstić information content (AvgIpc) is 2.43. The quantitative estimate of drug-likeness (QED) is 0.715. The van der Waals surface area contributed by atoms with Crippen molar-refractivity contribution in [2.45, 2.75) is 0 Å². The van der Waals surface area contributed by atoms with Crippen molar-refractivity contribution in [1.29, 1.82) is 0 Å². The summed E-state index contributed by atoms with van der Waals surface area (Å²) in [6.07, 6.45) is 3.83. The first kappa shape index (κ1) is 8.56. The molecule has 1 N–H and O–H groups in total. The molecule has 2 rings (SSSR count). The Hall–Kier alpha value is -1.03. The van der Waals surface area contributed by atoms with Gasteiger partial charge in [-0.2, -0.15) is 0 Å². The lowest BCUT2D eigenvalue weighted by molar-refractivity contribution is 0.388. The predicted molar refractivity (Wildman–Crippen MR) is 52.8 cm³/mol. The number of rotatable bonds is 3. The molecular formula is C9H16N4. The molecular weight excluding hydrogens is 164 g/mol. The molecule has 0 bridgehead atoms. The van der Waals surface area contributed by atoms with E-state index in [0.29, 0.717) is 0 Å². The van der Waals surface area contributed by atoms with E-state index in [1.807, 2.05) is 26.5 Å². The first-order valence-corrected chi connectivity index (χ1v) is 4.68. The van der Waals surface area contributed by atoms with E-state index in [1.54, 1.807) is 0 Å². The van der Waals surface area contributed by atoms with Gasteiger partial charge in [0.25, 0.3) is 0 Å². The molecule has 72 valence electrons. The van der Waals surface area contributed by atoms with Crippen molar-refractivity contribution in [2.24, 2.45) is 13.0 Å². The van der Waals surface area contributed by atoms with Gasteiger partial charge in [0.2, 0.25) is 5.95 Å². The van der Waals surface area contributed by atoms with Crippen LogP contribution >= 0.6 is 0 Å². The maximum absolute atomic E-state index is 4.30. The highest BCUT2D eigenvalue weighted by Gasteiger charge is 2.28. The van der Waals surface area contributed by atoms with Gasteiger partial charge in [0.15, 0.2) is 0 Å². The van der Waals surface area contributed by atoms with Crippen LogP contribution in [0.4, 0.5) is 5.95 Å². The van der Waals surface area contributed by atoms with Crippen molar-refractivity contribution < 1.29 is 0 Å². The van der Waals surface area contributed by atoms with E-state index in [4.69, 9.17) is 0 Å². The van der Waals surface area contributed by atoms with Crippen LogP contribution in [0.2, 0.25) is 0 Å². The molecule has 0 amide bonds. The Labute approximate surface area is 78.6 Å². The second-order valence-corrected chi connectivity index (χ2v) is 3.67. The van der Waals surface area contributed by atoms with Crippen LogP contribution in [0, 0.1) is 5.92 Å². The van der Waals surface area contributed by atoms with Crippen LogP contribution in [0.25, 0.3) is 0 Å². The molecule has 4 nitrogen and oxygen atoms in total. The van der Waals surface area contributed by atoms with E-state index in [2.05, 4.69) is 19.8 Å². The fraction of sp³-hybridized carbons (Fsp3) is 0.667. The fourth-order valence-corrected chi connectivity index (χ4v) is 1.81. The number of aryl methyl sites for hydroxylation is 1. The van der Waals surface area contributed by atoms with E-state index >= 15 is 0 Å². The number of nitrogens with zero attached hydrogens (tertiary/aromatic N) is 3. The van der Waals surface area contributed by atoms with E-state index in [-0.39, 0.29) is 0 Å². The maximum atomic E-state index is 4.30. The average molecular weight is 180 g/mol. The zero-order valence-corrected chi connectivity index (χ0v) is 8.20. The standard InChI is InChI=1S/C9H16N4/c1-10-5-8-6-13(7-8)9-11-3-4-12(9)2/h3-4,8,10H,5-7H2,1-2H3. The highest BCUT2D eigenvalue weighted by Crippen LogP contribution is 2.21. The molecule has 0 aliphatic carbocycles. The Bertz CT molecular complexity index is 275. The number of aromatic nitrogens is 2. The summed E-state index contributed by atoms with van der Waals surface area (Å²) in [5.41, 5.74) is 0. The van der Waals surface area contributed by atoms with Crippen LogP contribution in [0.15, 0.2) is 12.4 Å². The molecule has 0 saturated carbocycles. The molecule has 1 aliphatic rings. The van der Waals surface area contributed by atoms with Crippen molar-refractivity contribution in [2.75, 3.05) is 31.6 Å². The third-order valence-electron chi connectivity index (χ3n) is 2.53. The third-order valence-corrected chi connectivity index (χ3v) is 2.53. The summed E-state index contributed by atoms with van der Waals surface area (Å²) in [5, 5.41) is 3.20. The summed E-state index contributed by atoms with van der Waals surface area (Å²) in [7, 11) is 4.04. The minimum absolute atomic E-state index is 0.793. The fourth-order valence-electron chi connectivity index (χ4n) is 1.81. The summed E-state index contributed by atoms with van der Waals surface area (Å²) in [4.78, 5) is 6.61. The van der Waals surface area contributed by atoms with Crippen molar-refractivity contribution in [1.82, 2.24) is 14.9 Å². The summed E-state index contributed by atoms with van der Waals surface area (Å²) in [5.74, 6) is 1.88. The summed E-state index contributed by atoms with van der Waals surface area (Å²) >= 11 is 0. The van der Waals surface area contributed by atoms with Gasteiger partial charge in [-0.15, -0.1) is 0 Å². The topological polar surface area (TPSA) is 33.1 Å². The van der Waals surface area contributed by atoms with Crippen molar-refractivity contribution in [3.05, 3.63) is 12.4 Å².